The standard InChI is InChI=1S/C27H31N7O/c1-33(2)25-10-8-22(17-29-25)30-27(35)26-23-14-20(7-9-24(23)31-32-26)21-13-19(15-28-16-21)18-34-11-5-3-4-6-12-34/h7-10,13-17H,3-6,11-12,18H2,1-2H3,(H,30,35)(H,31,32). The smallest absolute Gasteiger partial charge is 0.276 e. The number of aromatic amines is 1. The van der Waals surface area contributed by atoms with E-state index in [9.17, 15) is 4.79 Å². The van der Waals surface area contributed by atoms with Crippen LogP contribution in [0.15, 0.2) is 55.0 Å². The van der Waals surface area contributed by atoms with E-state index in [2.05, 4.69) is 36.4 Å². The Bertz CT molecular complexity index is 1300. The van der Waals surface area contributed by atoms with Gasteiger partial charge in [-0.1, -0.05) is 18.9 Å². The number of hydrogen-bond donors (Lipinski definition) is 2. The number of amides is 1. The lowest BCUT2D eigenvalue weighted by atomic mass is 10.0. The Morgan fingerprint density at radius 1 is 1.00 bits per heavy atom. The second-order valence-corrected chi connectivity index (χ2v) is 9.36. The maximum atomic E-state index is 13.0. The molecular formula is C27H31N7O. The van der Waals surface area contributed by atoms with Gasteiger partial charge in [-0.2, -0.15) is 5.10 Å². The predicted octanol–water partition coefficient (Wildman–Crippen LogP) is 4.71. The highest BCUT2D eigenvalue weighted by Gasteiger charge is 2.16. The first kappa shape index (κ1) is 23.0. The van der Waals surface area contributed by atoms with E-state index >= 15 is 0 Å². The number of nitrogens with one attached hydrogen (secondary N) is 2. The molecule has 4 aromatic rings. The molecule has 180 valence electrons. The lowest BCUT2D eigenvalue weighted by Gasteiger charge is -2.19. The number of rotatable bonds is 6. The zero-order valence-corrected chi connectivity index (χ0v) is 20.3. The Labute approximate surface area is 205 Å². The summed E-state index contributed by atoms with van der Waals surface area (Å²) in [4.78, 5) is 26.3. The molecule has 1 aliphatic heterocycles. The quantitative estimate of drug-likeness (QED) is 0.425. The summed E-state index contributed by atoms with van der Waals surface area (Å²) in [5.74, 6) is 0.547. The Hall–Kier alpha value is -3.78. The van der Waals surface area contributed by atoms with Gasteiger partial charge in [-0.3, -0.25) is 19.8 Å². The van der Waals surface area contributed by atoms with Crippen LogP contribution in [-0.4, -0.2) is 58.2 Å². The molecule has 0 aliphatic carbocycles. The van der Waals surface area contributed by atoms with Gasteiger partial charge >= 0.3 is 0 Å². The molecule has 5 rings (SSSR count). The average molecular weight is 470 g/mol. The number of pyridine rings is 2. The first-order valence-electron chi connectivity index (χ1n) is 12.2. The molecule has 3 aromatic heterocycles. The molecule has 1 aromatic carbocycles. The molecule has 8 nitrogen and oxygen atoms in total. The van der Waals surface area contributed by atoms with Gasteiger partial charge in [0.05, 0.1) is 17.4 Å². The number of hydrogen-bond acceptors (Lipinski definition) is 6. The number of carbonyl (C=O) groups is 1. The molecule has 2 N–H and O–H groups in total. The van der Waals surface area contributed by atoms with Crippen molar-refractivity contribution in [1.29, 1.82) is 0 Å². The molecule has 0 unspecified atom stereocenters. The first-order chi connectivity index (χ1) is 17.1. The van der Waals surface area contributed by atoms with Crippen molar-refractivity contribution in [1.82, 2.24) is 25.1 Å². The summed E-state index contributed by atoms with van der Waals surface area (Å²) in [5.41, 5.74) is 5.05. The van der Waals surface area contributed by atoms with Gasteiger partial charge in [-0.05, 0) is 67.4 Å². The number of anilines is 2. The van der Waals surface area contributed by atoms with Crippen LogP contribution >= 0.6 is 0 Å². The molecule has 1 amide bonds. The summed E-state index contributed by atoms with van der Waals surface area (Å²) in [7, 11) is 3.85. The minimum Gasteiger partial charge on any atom is -0.363 e. The van der Waals surface area contributed by atoms with Crippen molar-refractivity contribution < 1.29 is 4.79 Å². The lowest BCUT2D eigenvalue weighted by molar-refractivity contribution is 0.102. The van der Waals surface area contributed by atoms with Gasteiger partial charge in [-0.25, -0.2) is 4.98 Å². The normalized spacial score (nSPS) is 14.6. The van der Waals surface area contributed by atoms with E-state index in [1.807, 2.05) is 61.7 Å². The molecular weight excluding hydrogens is 438 g/mol. The molecule has 0 bridgehead atoms. The zero-order valence-electron chi connectivity index (χ0n) is 20.3. The largest absolute Gasteiger partial charge is 0.363 e. The van der Waals surface area contributed by atoms with Gasteiger partial charge < -0.3 is 10.2 Å². The van der Waals surface area contributed by atoms with Crippen molar-refractivity contribution in [3.63, 3.8) is 0 Å². The number of nitrogens with zero attached hydrogens (tertiary/aromatic N) is 5. The minimum absolute atomic E-state index is 0.277. The van der Waals surface area contributed by atoms with Crippen LogP contribution in [0.4, 0.5) is 11.5 Å². The van der Waals surface area contributed by atoms with Crippen LogP contribution in [0.5, 0.6) is 0 Å². The van der Waals surface area contributed by atoms with Crippen molar-refractivity contribution in [2.24, 2.45) is 0 Å². The second kappa shape index (κ2) is 10.2. The minimum atomic E-state index is -0.277. The maximum absolute atomic E-state index is 13.0. The summed E-state index contributed by atoms with van der Waals surface area (Å²) < 4.78 is 0. The van der Waals surface area contributed by atoms with Gasteiger partial charge in [0.1, 0.15) is 5.82 Å². The van der Waals surface area contributed by atoms with Gasteiger partial charge in [0.15, 0.2) is 5.69 Å². The molecule has 0 saturated carbocycles. The van der Waals surface area contributed by atoms with Gasteiger partial charge in [0.2, 0.25) is 0 Å². The third-order valence-electron chi connectivity index (χ3n) is 6.47. The molecule has 1 saturated heterocycles. The zero-order chi connectivity index (χ0) is 24.2. The van der Waals surface area contributed by atoms with Gasteiger partial charge in [-0.15, -0.1) is 0 Å². The molecule has 0 atom stereocenters. The predicted molar refractivity (Wildman–Crippen MR) is 140 cm³/mol. The number of fused-ring (bicyclic) bond motifs is 1. The maximum Gasteiger partial charge on any atom is 0.276 e. The van der Waals surface area contributed by atoms with E-state index < -0.39 is 0 Å². The van der Waals surface area contributed by atoms with Crippen LogP contribution in [-0.2, 0) is 6.54 Å². The molecule has 1 aliphatic rings. The van der Waals surface area contributed by atoms with Gasteiger partial charge in [0.25, 0.3) is 5.91 Å². The van der Waals surface area contributed by atoms with E-state index in [-0.39, 0.29) is 5.91 Å². The van der Waals surface area contributed by atoms with Crippen LogP contribution < -0.4 is 10.2 Å². The molecule has 35 heavy (non-hydrogen) atoms. The van der Waals surface area contributed by atoms with Crippen molar-refractivity contribution in [2.45, 2.75) is 32.2 Å². The van der Waals surface area contributed by atoms with Crippen molar-refractivity contribution in [2.75, 3.05) is 37.4 Å². The molecule has 4 heterocycles. The Morgan fingerprint density at radius 3 is 2.57 bits per heavy atom. The topological polar surface area (TPSA) is 90.0 Å². The van der Waals surface area contributed by atoms with E-state index in [4.69, 9.17) is 0 Å². The lowest BCUT2D eigenvalue weighted by Crippen LogP contribution is -2.24. The van der Waals surface area contributed by atoms with E-state index in [1.165, 1.54) is 31.2 Å². The van der Waals surface area contributed by atoms with E-state index in [0.29, 0.717) is 11.4 Å². The molecule has 0 radical (unpaired) electrons. The SMILES string of the molecule is CN(C)c1ccc(NC(=O)c2n[nH]c3ccc(-c4cncc(CN5CCCCCC5)c4)cc23)cn1. The third kappa shape index (κ3) is 5.33. The number of likely N-dealkylation sites (tertiary alicyclic amines) is 1. The monoisotopic (exact) mass is 469 g/mol. The van der Waals surface area contributed by atoms with Crippen LogP contribution in [0.1, 0.15) is 41.7 Å². The summed E-state index contributed by atoms with van der Waals surface area (Å²) in [6.07, 6.45) is 10.7. The van der Waals surface area contributed by atoms with Crippen LogP contribution in [0.25, 0.3) is 22.0 Å². The number of H-pyrrole nitrogens is 1. The fourth-order valence-corrected chi connectivity index (χ4v) is 4.57. The highest BCUT2D eigenvalue weighted by Crippen LogP contribution is 2.27. The summed E-state index contributed by atoms with van der Waals surface area (Å²) in [6, 6.07) is 11.9. The molecule has 8 heteroatoms. The molecule has 0 spiro atoms. The third-order valence-corrected chi connectivity index (χ3v) is 6.47. The first-order valence-corrected chi connectivity index (χ1v) is 12.2. The van der Waals surface area contributed by atoms with Gasteiger partial charge in [0, 0.05) is 44.0 Å². The number of benzene rings is 1. The fourth-order valence-electron chi connectivity index (χ4n) is 4.57. The van der Waals surface area contributed by atoms with Crippen LogP contribution in [0.3, 0.4) is 0 Å². The Balaban J connectivity index is 1.36. The van der Waals surface area contributed by atoms with Crippen molar-refractivity contribution in [3.8, 4) is 11.1 Å². The van der Waals surface area contributed by atoms with E-state index in [0.717, 1.165) is 47.5 Å². The van der Waals surface area contributed by atoms with E-state index in [1.54, 1.807) is 6.20 Å². The van der Waals surface area contributed by atoms with Crippen LogP contribution in [0, 0.1) is 0 Å². The summed E-state index contributed by atoms with van der Waals surface area (Å²) >= 11 is 0. The van der Waals surface area contributed by atoms with Crippen LogP contribution in [0.2, 0.25) is 0 Å². The fraction of sp³-hybridized carbons (Fsp3) is 0.333. The highest BCUT2D eigenvalue weighted by molar-refractivity contribution is 6.11. The molecule has 1 fully saturated rings. The average Bonchev–Trinajstić information content (AvgIpc) is 3.13. The van der Waals surface area contributed by atoms with Crippen molar-refractivity contribution in [3.05, 3.63) is 66.2 Å². The Kier molecular flexibility index (Phi) is 6.72. The number of carbonyl (C=O) groups excluding carboxylic acids is 1. The summed E-state index contributed by atoms with van der Waals surface area (Å²) in [6.45, 7) is 3.22. The second-order valence-electron chi connectivity index (χ2n) is 9.36. The number of aromatic nitrogens is 4. The van der Waals surface area contributed by atoms with Crippen molar-refractivity contribution >= 4 is 28.3 Å². The Morgan fingerprint density at radius 2 is 1.83 bits per heavy atom. The summed E-state index contributed by atoms with van der Waals surface area (Å²) in [5, 5.41) is 10.9. The highest BCUT2D eigenvalue weighted by atomic mass is 16.1.